The van der Waals surface area contributed by atoms with Crippen molar-refractivity contribution < 1.29 is 0 Å². The molecular formula is C11H18ClN3. The van der Waals surface area contributed by atoms with Gasteiger partial charge in [0.25, 0.3) is 0 Å². The minimum atomic E-state index is 0.384. The molecule has 0 radical (unpaired) electrons. The van der Waals surface area contributed by atoms with Gasteiger partial charge < -0.3 is 5.73 Å². The van der Waals surface area contributed by atoms with Crippen LogP contribution in [0.3, 0.4) is 0 Å². The fourth-order valence-electron chi connectivity index (χ4n) is 2.80. The number of nitrogens with two attached hydrogens (primary N) is 1. The largest absolute Gasteiger partial charge is 0.383 e. The molecule has 2 atom stereocenters. The highest BCUT2D eigenvalue weighted by atomic mass is 35.5. The summed E-state index contributed by atoms with van der Waals surface area (Å²) < 4.78 is 1.89. The van der Waals surface area contributed by atoms with E-state index in [1.807, 2.05) is 4.68 Å². The van der Waals surface area contributed by atoms with Gasteiger partial charge in [0.15, 0.2) is 0 Å². The maximum absolute atomic E-state index is 5.92. The van der Waals surface area contributed by atoms with E-state index in [1.54, 1.807) is 6.20 Å². The average molecular weight is 228 g/mol. The molecule has 1 aliphatic rings. The fourth-order valence-corrected chi connectivity index (χ4v) is 2.93. The minimum absolute atomic E-state index is 0.384. The molecular weight excluding hydrogens is 210 g/mol. The Balaban J connectivity index is 2.29. The maximum Gasteiger partial charge on any atom is 0.140 e. The van der Waals surface area contributed by atoms with E-state index >= 15 is 0 Å². The first kappa shape index (κ1) is 10.8. The molecule has 1 aliphatic carbocycles. The number of hydrogen-bond acceptors (Lipinski definition) is 2. The van der Waals surface area contributed by atoms with Crippen molar-refractivity contribution in [3.8, 4) is 0 Å². The quantitative estimate of drug-likeness (QED) is 0.801. The van der Waals surface area contributed by atoms with E-state index in [1.165, 1.54) is 6.42 Å². The molecule has 15 heavy (non-hydrogen) atoms. The SMILES string of the molecule is CC1CC(C)(C)CC1n1ncc(Cl)c1N. The number of aromatic nitrogens is 2. The van der Waals surface area contributed by atoms with Gasteiger partial charge in [0.05, 0.1) is 12.2 Å². The third-order valence-electron chi connectivity index (χ3n) is 3.39. The molecule has 0 aliphatic heterocycles. The molecule has 84 valence electrons. The van der Waals surface area contributed by atoms with Crippen molar-refractivity contribution in [1.82, 2.24) is 9.78 Å². The zero-order valence-corrected chi connectivity index (χ0v) is 10.3. The highest BCUT2D eigenvalue weighted by Crippen LogP contribution is 2.48. The van der Waals surface area contributed by atoms with Crippen LogP contribution < -0.4 is 5.73 Å². The second kappa shape index (κ2) is 3.41. The van der Waals surface area contributed by atoms with Crippen LogP contribution in [0.4, 0.5) is 5.82 Å². The predicted molar refractivity (Wildman–Crippen MR) is 62.9 cm³/mol. The summed E-state index contributed by atoms with van der Waals surface area (Å²) in [5, 5.41) is 4.83. The van der Waals surface area contributed by atoms with Crippen LogP contribution in [0.25, 0.3) is 0 Å². The first-order chi connectivity index (χ1) is 6.91. The van der Waals surface area contributed by atoms with E-state index in [9.17, 15) is 0 Å². The summed E-state index contributed by atoms with van der Waals surface area (Å²) in [5.74, 6) is 1.21. The summed E-state index contributed by atoms with van der Waals surface area (Å²) >= 11 is 5.92. The maximum atomic E-state index is 5.92. The van der Waals surface area contributed by atoms with Gasteiger partial charge in [-0.25, -0.2) is 4.68 Å². The summed E-state index contributed by atoms with van der Waals surface area (Å²) in [5.41, 5.74) is 6.29. The van der Waals surface area contributed by atoms with Gasteiger partial charge in [-0.2, -0.15) is 5.10 Å². The number of hydrogen-bond donors (Lipinski definition) is 1. The monoisotopic (exact) mass is 227 g/mol. The summed E-state index contributed by atoms with van der Waals surface area (Å²) in [6.07, 6.45) is 3.97. The van der Waals surface area contributed by atoms with Crippen LogP contribution in [0.15, 0.2) is 6.20 Å². The molecule has 2 rings (SSSR count). The highest BCUT2D eigenvalue weighted by Gasteiger charge is 2.38. The van der Waals surface area contributed by atoms with Crippen molar-refractivity contribution in [3.05, 3.63) is 11.2 Å². The van der Waals surface area contributed by atoms with Gasteiger partial charge in [-0.3, -0.25) is 0 Å². The number of nitrogens with zero attached hydrogens (tertiary/aromatic N) is 2. The van der Waals surface area contributed by atoms with Gasteiger partial charge in [-0.05, 0) is 24.2 Å². The van der Waals surface area contributed by atoms with Crippen LogP contribution in [-0.4, -0.2) is 9.78 Å². The Bertz CT molecular complexity index is 370. The van der Waals surface area contributed by atoms with Crippen LogP contribution in [0.5, 0.6) is 0 Å². The van der Waals surface area contributed by atoms with E-state index in [0.717, 1.165) is 6.42 Å². The Morgan fingerprint density at radius 1 is 1.53 bits per heavy atom. The van der Waals surface area contributed by atoms with Crippen molar-refractivity contribution in [2.75, 3.05) is 5.73 Å². The van der Waals surface area contributed by atoms with E-state index in [-0.39, 0.29) is 0 Å². The van der Waals surface area contributed by atoms with Gasteiger partial charge in [-0.1, -0.05) is 32.4 Å². The predicted octanol–water partition coefficient (Wildman–Crippen LogP) is 3.12. The second-order valence-corrected chi connectivity index (χ2v) is 5.85. The average Bonchev–Trinajstić information content (AvgIpc) is 2.55. The zero-order valence-electron chi connectivity index (χ0n) is 9.50. The van der Waals surface area contributed by atoms with Gasteiger partial charge in [0.1, 0.15) is 10.8 Å². The minimum Gasteiger partial charge on any atom is -0.383 e. The smallest absolute Gasteiger partial charge is 0.140 e. The molecule has 2 N–H and O–H groups in total. The third-order valence-corrected chi connectivity index (χ3v) is 3.69. The van der Waals surface area contributed by atoms with E-state index in [4.69, 9.17) is 17.3 Å². The molecule has 1 saturated carbocycles. The van der Waals surface area contributed by atoms with Crippen molar-refractivity contribution in [2.24, 2.45) is 11.3 Å². The lowest BCUT2D eigenvalue weighted by Crippen LogP contribution is -2.15. The lowest BCUT2D eigenvalue weighted by Gasteiger charge is -2.18. The van der Waals surface area contributed by atoms with Crippen LogP contribution in [0.2, 0.25) is 5.02 Å². The molecule has 0 spiro atoms. The molecule has 2 unspecified atom stereocenters. The molecule has 0 aromatic carbocycles. The van der Waals surface area contributed by atoms with E-state index in [0.29, 0.717) is 28.2 Å². The third kappa shape index (κ3) is 1.85. The van der Waals surface area contributed by atoms with Gasteiger partial charge in [0.2, 0.25) is 0 Å². The van der Waals surface area contributed by atoms with Crippen molar-refractivity contribution in [3.63, 3.8) is 0 Å². The van der Waals surface area contributed by atoms with Crippen molar-refractivity contribution in [2.45, 2.75) is 39.7 Å². The molecule has 1 heterocycles. The van der Waals surface area contributed by atoms with Crippen LogP contribution in [-0.2, 0) is 0 Å². The van der Waals surface area contributed by atoms with E-state index in [2.05, 4.69) is 25.9 Å². The summed E-state index contributed by atoms with van der Waals surface area (Å²) in [4.78, 5) is 0. The Kier molecular flexibility index (Phi) is 2.45. The number of anilines is 1. The first-order valence-corrected chi connectivity index (χ1v) is 5.77. The lowest BCUT2D eigenvalue weighted by atomic mass is 9.91. The van der Waals surface area contributed by atoms with Crippen molar-refractivity contribution in [1.29, 1.82) is 0 Å². The number of rotatable bonds is 1. The summed E-state index contributed by atoms with van der Waals surface area (Å²) in [6, 6.07) is 0.396. The van der Waals surface area contributed by atoms with Gasteiger partial charge in [-0.15, -0.1) is 0 Å². The van der Waals surface area contributed by atoms with Gasteiger partial charge in [0, 0.05) is 0 Å². The molecule has 1 aromatic heterocycles. The molecule has 0 amide bonds. The first-order valence-electron chi connectivity index (χ1n) is 5.39. The number of nitrogen functional groups attached to an aromatic ring is 1. The van der Waals surface area contributed by atoms with Crippen molar-refractivity contribution >= 4 is 17.4 Å². The van der Waals surface area contributed by atoms with Crippen LogP contribution >= 0.6 is 11.6 Å². The molecule has 0 saturated heterocycles. The van der Waals surface area contributed by atoms with Crippen LogP contribution in [0, 0.1) is 11.3 Å². The zero-order chi connectivity index (χ0) is 11.2. The molecule has 4 heteroatoms. The Morgan fingerprint density at radius 3 is 2.60 bits per heavy atom. The van der Waals surface area contributed by atoms with Crippen LogP contribution in [0.1, 0.15) is 39.7 Å². The fraction of sp³-hybridized carbons (Fsp3) is 0.727. The Labute approximate surface area is 95.6 Å². The lowest BCUT2D eigenvalue weighted by molar-refractivity contribution is 0.350. The second-order valence-electron chi connectivity index (χ2n) is 5.44. The topological polar surface area (TPSA) is 43.8 Å². The molecule has 3 nitrogen and oxygen atoms in total. The standard InChI is InChI=1S/C11H18ClN3/c1-7-4-11(2,3)5-9(7)15-10(13)8(12)6-14-15/h6-7,9H,4-5,13H2,1-3H3. The molecule has 1 aromatic rings. The number of halogens is 1. The Morgan fingerprint density at radius 2 is 2.20 bits per heavy atom. The summed E-state index contributed by atoms with van der Waals surface area (Å²) in [7, 11) is 0. The highest BCUT2D eigenvalue weighted by molar-refractivity contribution is 6.32. The van der Waals surface area contributed by atoms with Gasteiger partial charge >= 0.3 is 0 Å². The molecule has 1 fully saturated rings. The summed E-state index contributed by atoms with van der Waals surface area (Å²) in [6.45, 7) is 6.85. The van der Waals surface area contributed by atoms with E-state index < -0.39 is 0 Å². The Hall–Kier alpha value is -0.700. The molecule has 0 bridgehead atoms. The normalized spacial score (nSPS) is 29.6.